The number of aromatic amines is 1. The molecule has 1 aromatic heterocycles. The zero-order valence-corrected chi connectivity index (χ0v) is 11.9. The van der Waals surface area contributed by atoms with Crippen molar-refractivity contribution in [2.75, 3.05) is 5.32 Å². The first-order valence-electron chi connectivity index (χ1n) is 6.74. The van der Waals surface area contributed by atoms with Crippen molar-refractivity contribution in [1.82, 2.24) is 9.97 Å². The van der Waals surface area contributed by atoms with E-state index >= 15 is 0 Å². The molecule has 1 heterocycles. The zero-order chi connectivity index (χ0) is 15.7. The number of fused-ring (bicyclic) bond motifs is 1. The van der Waals surface area contributed by atoms with Gasteiger partial charge in [0.05, 0.1) is 17.8 Å². The van der Waals surface area contributed by atoms with E-state index in [0.29, 0.717) is 33.7 Å². The lowest BCUT2D eigenvalue weighted by Gasteiger charge is -2.11. The first kappa shape index (κ1) is 14.2. The fourth-order valence-electron chi connectivity index (χ4n) is 2.22. The second-order valence-corrected chi connectivity index (χ2v) is 4.98. The highest BCUT2D eigenvalue weighted by molar-refractivity contribution is 5.90. The maximum absolute atomic E-state index is 13.0. The molecule has 0 fully saturated rings. The average Bonchev–Trinajstić information content (AvgIpc) is 2.51. The summed E-state index contributed by atoms with van der Waals surface area (Å²) >= 11 is 0. The van der Waals surface area contributed by atoms with Gasteiger partial charge in [-0.25, -0.2) is 9.37 Å². The highest BCUT2D eigenvalue weighted by Crippen LogP contribution is 2.25. The molecule has 5 nitrogen and oxygen atoms in total. The van der Waals surface area contributed by atoms with E-state index in [4.69, 9.17) is 0 Å². The number of rotatable bonds is 3. The lowest BCUT2D eigenvalue weighted by atomic mass is 10.1. The molecular weight excluding hydrogens is 285 g/mol. The smallest absolute Gasteiger partial charge is 0.269 e. The average molecular weight is 299 g/mol. The van der Waals surface area contributed by atoms with Crippen LogP contribution in [-0.2, 0) is 6.61 Å². The van der Waals surface area contributed by atoms with Gasteiger partial charge in [-0.05, 0) is 48.9 Å². The minimum Gasteiger partial charge on any atom is -0.392 e. The first-order valence-corrected chi connectivity index (χ1v) is 6.74. The summed E-state index contributed by atoms with van der Waals surface area (Å²) in [6.45, 7) is 1.46. The normalized spacial score (nSPS) is 10.9. The third-order valence-corrected chi connectivity index (χ3v) is 3.33. The number of nitrogens with zero attached hydrogens (tertiary/aromatic N) is 1. The van der Waals surface area contributed by atoms with E-state index < -0.39 is 0 Å². The molecule has 3 rings (SSSR count). The number of aromatic nitrogens is 2. The van der Waals surface area contributed by atoms with Crippen LogP contribution < -0.4 is 10.9 Å². The van der Waals surface area contributed by atoms with E-state index in [0.717, 1.165) is 0 Å². The zero-order valence-electron chi connectivity index (χ0n) is 11.9. The topological polar surface area (TPSA) is 78.0 Å². The quantitative estimate of drug-likeness (QED) is 0.694. The van der Waals surface area contributed by atoms with Crippen molar-refractivity contribution in [3.8, 4) is 0 Å². The molecule has 3 N–H and O–H groups in total. The Kier molecular flexibility index (Phi) is 3.60. The van der Waals surface area contributed by atoms with E-state index in [-0.39, 0.29) is 18.0 Å². The minimum absolute atomic E-state index is 0.163. The summed E-state index contributed by atoms with van der Waals surface area (Å²) in [7, 11) is 0. The Morgan fingerprint density at radius 2 is 2.00 bits per heavy atom. The molecule has 0 saturated heterocycles. The van der Waals surface area contributed by atoms with Gasteiger partial charge in [-0.3, -0.25) is 4.79 Å². The van der Waals surface area contributed by atoms with Crippen LogP contribution in [0.25, 0.3) is 11.0 Å². The number of benzene rings is 2. The lowest BCUT2D eigenvalue weighted by Crippen LogP contribution is -2.12. The van der Waals surface area contributed by atoms with Crippen LogP contribution in [-0.4, -0.2) is 15.1 Å². The number of H-pyrrole nitrogens is 1. The number of halogens is 1. The fraction of sp³-hybridized carbons (Fsp3) is 0.125. The largest absolute Gasteiger partial charge is 0.392 e. The number of aliphatic hydroxyl groups is 1. The number of hydrogen-bond donors (Lipinski definition) is 3. The third-order valence-electron chi connectivity index (χ3n) is 3.33. The number of hydrogen-bond acceptors (Lipinski definition) is 4. The van der Waals surface area contributed by atoms with Gasteiger partial charge >= 0.3 is 0 Å². The Morgan fingerprint density at radius 1 is 1.27 bits per heavy atom. The minimum atomic E-state index is -0.321. The molecule has 112 valence electrons. The molecule has 0 aliphatic carbocycles. The van der Waals surface area contributed by atoms with Crippen LogP contribution in [0, 0.1) is 12.7 Å². The SMILES string of the molecule is Cc1nc2c(Nc3ccc(F)cc3)cc(CO)cc2[nH]c1=O. The Hall–Kier alpha value is -2.73. The van der Waals surface area contributed by atoms with Gasteiger partial charge in [-0.15, -0.1) is 0 Å². The van der Waals surface area contributed by atoms with Gasteiger partial charge in [-0.1, -0.05) is 0 Å². The highest BCUT2D eigenvalue weighted by atomic mass is 19.1. The van der Waals surface area contributed by atoms with Gasteiger partial charge in [0.15, 0.2) is 0 Å². The third kappa shape index (κ3) is 2.68. The van der Waals surface area contributed by atoms with Crippen molar-refractivity contribution < 1.29 is 9.50 Å². The van der Waals surface area contributed by atoms with Gasteiger partial charge in [-0.2, -0.15) is 0 Å². The molecule has 0 spiro atoms. The van der Waals surface area contributed by atoms with Crippen molar-refractivity contribution in [2.24, 2.45) is 0 Å². The summed E-state index contributed by atoms with van der Waals surface area (Å²) in [6.07, 6.45) is 0. The summed E-state index contributed by atoms with van der Waals surface area (Å²) in [4.78, 5) is 18.7. The molecule has 2 aromatic carbocycles. The standard InChI is InChI=1S/C16H14FN3O2/c1-9-16(22)20-14-7-10(8-21)6-13(15(14)18-9)19-12-4-2-11(17)3-5-12/h2-7,19,21H,8H2,1H3,(H,20,22). The number of nitrogens with one attached hydrogen (secondary N) is 2. The Morgan fingerprint density at radius 3 is 2.68 bits per heavy atom. The molecule has 22 heavy (non-hydrogen) atoms. The summed E-state index contributed by atoms with van der Waals surface area (Å²) in [5.41, 5.74) is 3.15. The van der Waals surface area contributed by atoms with E-state index in [9.17, 15) is 14.3 Å². The Labute approximate surface area is 125 Å². The van der Waals surface area contributed by atoms with Crippen molar-refractivity contribution in [3.05, 3.63) is 63.8 Å². The number of aliphatic hydroxyl groups excluding tert-OH is 1. The van der Waals surface area contributed by atoms with Gasteiger partial charge in [0.25, 0.3) is 5.56 Å². The summed E-state index contributed by atoms with van der Waals surface area (Å²) in [5.74, 6) is -0.321. The maximum Gasteiger partial charge on any atom is 0.269 e. The van der Waals surface area contributed by atoms with Gasteiger partial charge < -0.3 is 15.4 Å². The second kappa shape index (κ2) is 5.57. The molecule has 0 saturated carbocycles. The fourth-order valence-corrected chi connectivity index (χ4v) is 2.22. The van der Waals surface area contributed by atoms with E-state index in [1.165, 1.54) is 12.1 Å². The predicted octanol–water partition coefficient (Wildman–Crippen LogP) is 2.61. The second-order valence-electron chi connectivity index (χ2n) is 4.98. The Bertz CT molecular complexity index is 888. The monoisotopic (exact) mass is 299 g/mol. The highest BCUT2D eigenvalue weighted by Gasteiger charge is 2.09. The molecular formula is C16H14FN3O2. The van der Waals surface area contributed by atoms with Crippen LogP contribution in [0.15, 0.2) is 41.2 Å². The van der Waals surface area contributed by atoms with Crippen LogP contribution in [0.2, 0.25) is 0 Å². The molecule has 0 aliphatic heterocycles. The summed E-state index contributed by atoms with van der Waals surface area (Å²) in [6, 6.07) is 9.33. The van der Waals surface area contributed by atoms with Gasteiger partial charge in [0.2, 0.25) is 0 Å². The number of anilines is 2. The molecule has 0 bridgehead atoms. The first-order chi connectivity index (χ1) is 10.6. The molecule has 0 atom stereocenters. The summed E-state index contributed by atoms with van der Waals surface area (Å²) in [5, 5.41) is 12.5. The van der Waals surface area contributed by atoms with Gasteiger partial charge in [0.1, 0.15) is 17.0 Å². The van der Waals surface area contributed by atoms with Crippen molar-refractivity contribution >= 4 is 22.4 Å². The van der Waals surface area contributed by atoms with Crippen molar-refractivity contribution in [3.63, 3.8) is 0 Å². The van der Waals surface area contributed by atoms with Crippen molar-refractivity contribution in [2.45, 2.75) is 13.5 Å². The van der Waals surface area contributed by atoms with E-state index in [2.05, 4.69) is 15.3 Å². The molecule has 0 aliphatic rings. The lowest BCUT2D eigenvalue weighted by molar-refractivity contribution is 0.282. The van der Waals surface area contributed by atoms with Crippen LogP contribution in [0.1, 0.15) is 11.3 Å². The molecule has 6 heteroatoms. The van der Waals surface area contributed by atoms with Crippen LogP contribution >= 0.6 is 0 Å². The molecule has 0 radical (unpaired) electrons. The maximum atomic E-state index is 13.0. The van der Waals surface area contributed by atoms with Crippen molar-refractivity contribution in [1.29, 1.82) is 0 Å². The van der Waals surface area contributed by atoms with E-state index in [1.807, 2.05) is 0 Å². The summed E-state index contributed by atoms with van der Waals surface area (Å²) < 4.78 is 13.0. The van der Waals surface area contributed by atoms with Crippen LogP contribution in [0.5, 0.6) is 0 Å². The van der Waals surface area contributed by atoms with Crippen LogP contribution in [0.3, 0.4) is 0 Å². The van der Waals surface area contributed by atoms with Crippen LogP contribution in [0.4, 0.5) is 15.8 Å². The number of aryl methyl sites for hydroxylation is 1. The molecule has 0 amide bonds. The molecule has 0 unspecified atom stereocenters. The predicted molar refractivity (Wildman–Crippen MR) is 82.7 cm³/mol. The Balaban J connectivity index is 2.15. The van der Waals surface area contributed by atoms with Gasteiger partial charge in [0, 0.05) is 5.69 Å². The molecule has 3 aromatic rings. The van der Waals surface area contributed by atoms with E-state index in [1.54, 1.807) is 31.2 Å².